The molecule has 1 aliphatic carbocycles. The second-order valence-corrected chi connectivity index (χ2v) is 7.19. The molecule has 1 fully saturated rings. The van der Waals surface area contributed by atoms with Gasteiger partial charge in [-0.3, -0.25) is 14.5 Å². The Labute approximate surface area is 159 Å². The number of aromatic nitrogens is 3. The van der Waals surface area contributed by atoms with Crippen molar-refractivity contribution in [3.63, 3.8) is 0 Å². The van der Waals surface area contributed by atoms with Crippen molar-refractivity contribution in [1.29, 1.82) is 0 Å². The number of hydrogen-bond donors (Lipinski definition) is 1. The van der Waals surface area contributed by atoms with Crippen LogP contribution < -0.4 is 5.32 Å². The standard InChI is InChI=1S/C22H24N4O/c1-16-5-4-6-18(13-16)22(27)24-15-19-14-21(17-9-11-23-12-10-17)26(25-19)20-7-2-3-8-20/h4-6,9-14,20H,2-3,7-8,15H2,1H3,(H,24,27). The lowest BCUT2D eigenvalue weighted by Gasteiger charge is -2.14. The summed E-state index contributed by atoms with van der Waals surface area (Å²) in [7, 11) is 0. The van der Waals surface area contributed by atoms with E-state index in [2.05, 4.69) is 21.0 Å². The first-order valence-corrected chi connectivity index (χ1v) is 9.54. The third kappa shape index (κ3) is 3.92. The van der Waals surface area contributed by atoms with Gasteiger partial charge in [-0.2, -0.15) is 5.10 Å². The number of nitrogens with zero attached hydrogens (tertiary/aromatic N) is 3. The normalized spacial score (nSPS) is 14.4. The number of aryl methyl sites for hydroxylation is 1. The molecule has 0 atom stereocenters. The molecule has 3 aromatic rings. The van der Waals surface area contributed by atoms with Crippen LogP contribution in [0.2, 0.25) is 0 Å². The summed E-state index contributed by atoms with van der Waals surface area (Å²) >= 11 is 0. The summed E-state index contributed by atoms with van der Waals surface area (Å²) in [6.07, 6.45) is 8.43. The molecule has 1 aliphatic rings. The zero-order chi connectivity index (χ0) is 18.6. The largest absolute Gasteiger partial charge is 0.346 e. The van der Waals surface area contributed by atoms with Gasteiger partial charge >= 0.3 is 0 Å². The first-order valence-electron chi connectivity index (χ1n) is 9.54. The Morgan fingerprint density at radius 3 is 2.67 bits per heavy atom. The molecule has 1 saturated carbocycles. The van der Waals surface area contributed by atoms with Crippen LogP contribution >= 0.6 is 0 Å². The zero-order valence-electron chi connectivity index (χ0n) is 15.6. The lowest BCUT2D eigenvalue weighted by atomic mass is 10.1. The highest BCUT2D eigenvalue weighted by Gasteiger charge is 2.22. The molecule has 138 valence electrons. The van der Waals surface area contributed by atoms with Crippen LogP contribution in [0.4, 0.5) is 0 Å². The lowest BCUT2D eigenvalue weighted by molar-refractivity contribution is 0.0950. The Bertz CT molecular complexity index is 926. The maximum absolute atomic E-state index is 12.4. The molecule has 0 radical (unpaired) electrons. The fourth-order valence-electron chi connectivity index (χ4n) is 3.76. The highest BCUT2D eigenvalue weighted by Crippen LogP contribution is 2.33. The fourth-order valence-corrected chi connectivity index (χ4v) is 3.76. The van der Waals surface area contributed by atoms with E-state index in [0.717, 1.165) is 35.4 Å². The molecule has 2 heterocycles. The van der Waals surface area contributed by atoms with Gasteiger partial charge in [-0.15, -0.1) is 0 Å². The number of carbonyl (C=O) groups is 1. The van der Waals surface area contributed by atoms with Crippen LogP contribution in [0.3, 0.4) is 0 Å². The van der Waals surface area contributed by atoms with Gasteiger partial charge in [0.1, 0.15) is 0 Å². The van der Waals surface area contributed by atoms with Crippen LogP contribution in [-0.2, 0) is 6.54 Å². The van der Waals surface area contributed by atoms with E-state index in [9.17, 15) is 4.79 Å². The quantitative estimate of drug-likeness (QED) is 0.738. The average molecular weight is 360 g/mol. The molecule has 0 bridgehead atoms. The first-order chi connectivity index (χ1) is 13.2. The molecular weight excluding hydrogens is 336 g/mol. The number of carbonyl (C=O) groups excluding carboxylic acids is 1. The van der Waals surface area contributed by atoms with E-state index in [-0.39, 0.29) is 5.91 Å². The second-order valence-electron chi connectivity index (χ2n) is 7.19. The molecule has 5 heteroatoms. The Morgan fingerprint density at radius 2 is 1.93 bits per heavy atom. The van der Waals surface area contributed by atoms with Crippen LogP contribution in [0, 0.1) is 6.92 Å². The van der Waals surface area contributed by atoms with Gasteiger partial charge in [-0.1, -0.05) is 30.5 Å². The van der Waals surface area contributed by atoms with Gasteiger partial charge in [0, 0.05) is 23.5 Å². The van der Waals surface area contributed by atoms with Crippen molar-refractivity contribution >= 4 is 5.91 Å². The van der Waals surface area contributed by atoms with Gasteiger partial charge in [0.25, 0.3) is 5.91 Å². The maximum atomic E-state index is 12.4. The monoisotopic (exact) mass is 360 g/mol. The van der Waals surface area contributed by atoms with Crippen molar-refractivity contribution in [1.82, 2.24) is 20.1 Å². The maximum Gasteiger partial charge on any atom is 0.251 e. The van der Waals surface area contributed by atoms with Gasteiger partial charge in [0.15, 0.2) is 0 Å². The van der Waals surface area contributed by atoms with Crippen LogP contribution in [0.25, 0.3) is 11.3 Å². The molecule has 1 amide bonds. The highest BCUT2D eigenvalue weighted by atomic mass is 16.1. The van der Waals surface area contributed by atoms with Crippen LogP contribution in [0.15, 0.2) is 54.9 Å². The third-order valence-electron chi connectivity index (χ3n) is 5.14. The van der Waals surface area contributed by atoms with Crippen LogP contribution in [-0.4, -0.2) is 20.7 Å². The predicted molar refractivity (Wildman–Crippen MR) is 105 cm³/mol. The Morgan fingerprint density at radius 1 is 1.15 bits per heavy atom. The van der Waals surface area contributed by atoms with E-state index in [1.165, 1.54) is 12.8 Å². The van der Waals surface area contributed by atoms with Crippen LogP contribution in [0.1, 0.15) is 53.3 Å². The molecule has 5 nitrogen and oxygen atoms in total. The Balaban J connectivity index is 1.55. The third-order valence-corrected chi connectivity index (χ3v) is 5.14. The lowest BCUT2D eigenvalue weighted by Crippen LogP contribution is -2.23. The van der Waals surface area contributed by atoms with Crippen LogP contribution in [0.5, 0.6) is 0 Å². The molecule has 1 aromatic carbocycles. The van der Waals surface area contributed by atoms with Gasteiger partial charge < -0.3 is 5.32 Å². The fraction of sp³-hybridized carbons (Fsp3) is 0.318. The summed E-state index contributed by atoms with van der Waals surface area (Å²) in [4.78, 5) is 16.6. The van der Waals surface area contributed by atoms with E-state index in [0.29, 0.717) is 18.2 Å². The van der Waals surface area contributed by atoms with E-state index in [1.54, 1.807) is 12.4 Å². The zero-order valence-corrected chi connectivity index (χ0v) is 15.6. The Kier molecular flexibility index (Phi) is 5.01. The minimum atomic E-state index is -0.0698. The summed E-state index contributed by atoms with van der Waals surface area (Å²) < 4.78 is 2.15. The van der Waals surface area contributed by atoms with Crippen molar-refractivity contribution in [3.8, 4) is 11.3 Å². The second kappa shape index (κ2) is 7.74. The molecule has 0 unspecified atom stereocenters. The summed E-state index contributed by atoms with van der Waals surface area (Å²) in [5.41, 5.74) is 4.85. The molecule has 27 heavy (non-hydrogen) atoms. The van der Waals surface area contributed by atoms with E-state index in [4.69, 9.17) is 5.10 Å². The van der Waals surface area contributed by atoms with Gasteiger partial charge in [-0.05, 0) is 50.1 Å². The van der Waals surface area contributed by atoms with E-state index in [1.807, 2.05) is 43.3 Å². The van der Waals surface area contributed by atoms with E-state index < -0.39 is 0 Å². The number of rotatable bonds is 5. The number of benzene rings is 1. The van der Waals surface area contributed by atoms with Crippen molar-refractivity contribution in [3.05, 3.63) is 71.7 Å². The summed E-state index contributed by atoms with van der Waals surface area (Å²) in [6, 6.07) is 14.2. The van der Waals surface area contributed by atoms with Gasteiger partial charge in [0.05, 0.1) is 24.0 Å². The van der Waals surface area contributed by atoms with E-state index >= 15 is 0 Å². The summed E-state index contributed by atoms with van der Waals surface area (Å²) in [6.45, 7) is 2.41. The Hall–Kier alpha value is -2.95. The highest BCUT2D eigenvalue weighted by molar-refractivity contribution is 5.94. The molecule has 0 spiro atoms. The van der Waals surface area contributed by atoms with Gasteiger partial charge in [-0.25, -0.2) is 0 Å². The number of nitrogens with one attached hydrogen (secondary N) is 1. The topological polar surface area (TPSA) is 59.8 Å². The number of amides is 1. The minimum Gasteiger partial charge on any atom is -0.346 e. The van der Waals surface area contributed by atoms with Crippen molar-refractivity contribution < 1.29 is 4.79 Å². The molecule has 4 rings (SSSR count). The summed E-state index contributed by atoms with van der Waals surface area (Å²) in [5, 5.41) is 7.83. The number of pyridine rings is 1. The van der Waals surface area contributed by atoms with Crippen molar-refractivity contribution in [2.75, 3.05) is 0 Å². The minimum absolute atomic E-state index is 0.0698. The molecule has 2 aromatic heterocycles. The predicted octanol–water partition coefficient (Wildman–Crippen LogP) is 4.30. The van der Waals surface area contributed by atoms with Gasteiger partial charge in [0.2, 0.25) is 0 Å². The molecular formula is C22H24N4O. The molecule has 0 aliphatic heterocycles. The van der Waals surface area contributed by atoms with Crippen molar-refractivity contribution in [2.45, 2.75) is 45.2 Å². The molecule has 1 N–H and O–H groups in total. The smallest absolute Gasteiger partial charge is 0.251 e. The first kappa shape index (κ1) is 17.5. The SMILES string of the molecule is Cc1cccc(C(=O)NCc2cc(-c3ccncc3)n(C3CCCC3)n2)c1. The molecule has 0 saturated heterocycles. The number of hydrogen-bond acceptors (Lipinski definition) is 3. The van der Waals surface area contributed by atoms with Crippen molar-refractivity contribution in [2.24, 2.45) is 0 Å². The summed E-state index contributed by atoms with van der Waals surface area (Å²) in [5.74, 6) is -0.0698. The average Bonchev–Trinajstić information content (AvgIpc) is 3.36.